The van der Waals surface area contributed by atoms with Gasteiger partial charge in [-0.15, -0.1) is 0 Å². The Morgan fingerprint density at radius 1 is 1.16 bits per heavy atom. The van der Waals surface area contributed by atoms with Crippen molar-refractivity contribution in [2.75, 3.05) is 65.4 Å². The topological polar surface area (TPSA) is 66.1 Å². The van der Waals surface area contributed by atoms with Crippen molar-refractivity contribution >= 4 is 28.9 Å². The Kier molecular flexibility index (Phi) is 7.90. The van der Waals surface area contributed by atoms with Crippen LogP contribution in [0.25, 0.3) is 0 Å². The van der Waals surface area contributed by atoms with Gasteiger partial charge in [-0.2, -0.15) is 0 Å². The molecule has 0 aromatic heterocycles. The van der Waals surface area contributed by atoms with Gasteiger partial charge in [-0.05, 0) is 36.5 Å². The van der Waals surface area contributed by atoms with Crippen LogP contribution in [0.3, 0.4) is 0 Å². The van der Waals surface area contributed by atoms with E-state index in [4.69, 9.17) is 21.7 Å². The predicted molar refractivity (Wildman–Crippen MR) is 102 cm³/mol. The standard InChI is InChI=1S/C17H26N4O3S/c1-23-12-7-18-16(22)13-20-8-10-21(11-9-20)17(25)19-14-3-5-15(24-2)6-4-14/h3-6H,7-13H2,1-2H3,(H,18,22)(H,19,25). The lowest BCUT2D eigenvalue weighted by molar-refractivity contribution is -0.122. The summed E-state index contributed by atoms with van der Waals surface area (Å²) >= 11 is 5.49. The zero-order valence-corrected chi connectivity index (χ0v) is 15.6. The van der Waals surface area contributed by atoms with Gasteiger partial charge >= 0.3 is 0 Å². The average molecular weight is 366 g/mol. The third-order valence-corrected chi connectivity index (χ3v) is 4.36. The van der Waals surface area contributed by atoms with Gasteiger partial charge < -0.3 is 25.0 Å². The first-order chi connectivity index (χ1) is 12.1. The fourth-order valence-corrected chi connectivity index (χ4v) is 2.84. The highest BCUT2D eigenvalue weighted by molar-refractivity contribution is 7.80. The fourth-order valence-electron chi connectivity index (χ4n) is 2.54. The summed E-state index contributed by atoms with van der Waals surface area (Å²) in [6, 6.07) is 7.66. The summed E-state index contributed by atoms with van der Waals surface area (Å²) in [5.74, 6) is 0.846. The Balaban J connectivity index is 1.71. The molecule has 1 aliphatic heterocycles. The summed E-state index contributed by atoms with van der Waals surface area (Å²) in [6.45, 7) is 4.71. The lowest BCUT2D eigenvalue weighted by Gasteiger charge is -2.35. The van der Waals surface area contributed by atoms with Crippen molar-refractivity contribution in [3.8, 4) is 5.75 Å². The molecule has 0 spiro atoms. The second-order valence-electron chi connectivity index (χ2n) is 5.76. The molecule has 2 rings (SSSR count). The molecule has 1 heterocycles. The van der Waals surface area contributed by atoms with Gasteiger partial charge in [0.25, 0.3) is 0 Å². The molecule has 0 unspecified atom stereocenters. The van der Waals surface area contributed by atoms with Gasteiger partial charge in [-0.1, -0.05) is 0 Å². The molecule has 1 aliphatic rings. The number of thiocarbonyl (C=S) groups is 1. The number of nitrogens with one attached hydrogen (secondary N) is 2. The van der Waals surface area contributed by atoms with E-state index in [1.165, 1.54) is 0 Å². The SMILES string of the molecule is COCCNC(=O)CN1CCN(C(=S)Nc2ccc(OC)cc2)CC1. The molecule has 0 atom stereocenters. The second-order valence-corrected chi connectivity index (χ2v) is 6.15. The zero-order chi connectivity index (χ0) is 18.1. The van der Waals surface area contributed by atoms with Crippen molar-refractivity contribution in [3.63, 3.8) is 0 Å². The molecular formula is C17H26N4O3S. The molecule has 1 amide bonds. The fraction of sp³-hybridized carbons (Fsp3) is 0.529. The lowest BCUT2D eigenvalue weighted by atomic mass is 10.3. The van der Waals surface area contributed by atoms with Crippen LogP contribution in [-0.4, -0.2) is 80.9 Å². The van der Waals surface area contributed by atoms with Crippen LogP contribution >= 0.6 is 12.2 Å². The molecule has 25 heavy (non-hydrogen) atoms. The van der Waals surface area contributed by atoms with E-state index in [2.05, 4.69) is 20.4 Å². The van der Waals surface area contributed by atoms with Gasteiger partial charge in [0.05, 0.1) is 20.3 Å². The second kappa shape index (κ2) is 10.2. The summed E-state index contributed by atoms with van der Waals surface area (Å²) < 4.78 is 10.1. The summed E-state index contributed by atoms with van der Waals surface area (Å²) in [4.78, 5) is 16.1. The molecule has 0 saturated carbocycles. The Morgan fingerprint density at radius 3 is 2.44 bits per heavy atom. The van der Waals surface area contributed by atoms with Gasteiger partial charge in [0, 0.05) is 45.5 Å². The Labute approximate surface area is 154 Å². The van der Waals surface area contributed by atoms with Crippen molar-refractivity contribution in [2.45, 2.75) is 0 Å². The highest BCUT2D eigenvalue weighted by atomic mass is 32.1. The smallest absolute Gasteiger partial charge is 0.234 e. The van der Waals surface area contributed by atoms with Crippen LogP contribution in [0.5, 0.6) is 5.75 Å². The molecule has 0 radical (unpaired) electrons. The number of methoxy groups -OCH3 is 2. The quantitative estimate of drug-likeness (QED) is 0.546. The number of rotatable bonds is 7. The minimum Gasteiger partial charge on any atom is -0.497 e. The van der Waals surface area contributed by atoms with Crippen molar-refractivity contribution in [3.05, 3.63) is 24.3 Å². The summed E-state index contributed by atoms with van der Waals surface area (Å²) in [6.07, 6.45) is 0. The van der Waals surface area contributed by atoms with Gasteiger partial charge in [-0.3, -0.25) is 9.69 Å². The zero-order valence-electron chi connectivity index (χ0n) is 14.8. The number of amides is 1. The van der Waals surface area contributed by atoms with Crippen molar-refractivity contribution in [1.29, 1.82) is 0 Å². The molecule has 1 fully saturated rings. The number of carbonyl (C=O) groups excluding carboxylic acids is 1. The van der Waals surface area contributed by atoms with E-state index < -0.39 is 0 Å². The van der Waals surface area contributed by atoms with Crippen LogP contribution in [0.2, 0.25) is 0 Å². The molecule has 2 N–H and O–H groups in total. The molecular weight excluding hydrogens is 340 g/mol. The number of benzene rings is 1. The molecule has 1 saturated heterocycles. The third kappa shape index (κ3) is 6.49. The van der Waals surface area contributed by atoms with E-state index >= 15 is 0 Å². The minimum atomic E-state index is 0.0319. The maximum atomic E-state index is 11.8. The van der Waals surface area contributed by atoms with Crippen LogP contribution in [0, 0.1) is 0 Å². The molecule has 0 aliphatic carbocycles. The van der Waals surface area contributed by atoms with E-state index in [0.717, 1.165) is 37.6 Å². The summed E-state index contributed by atoms with van der Waals surface area (Å²) in [7, 11) is 3.26. The highest BCUT2D eigenvalue weighted by Crippen LogP contribution is 2.16. The van der Waals surface area contributed by atoms with Crippen molar-refractivity contribution in [2.24, 2.45) is 0 Å². The first-order valence-corrected chi connectivity index (χ1v) is 8.71. The van der Waals surface area contributed by atoms with Gasteiger partial charge in [-0.25, -0.2) is 0 Å². The maximum Gasteiger partial charge on any atom is 0.234 e. The van der Waals surface area contributed by atoms with Gasteiger partial charge in [0.15, 0.2) is 5.11 Å². The first-order valence-electron chi connectivity index (χ1n) is 8.30. The molecule has 7 nitrogen and oxygen atoms in total. The third-order valence-electron chi connectivity index (χ3n) is 4.00. The number of piperazine rings is 1. The molecule has 138 valence electrons. The van der Waals surface area contributed by atoms with Gasteiger partial charge in [0.2, 0.25) is 5.91 Å². The largest absolute Gasteiger partial charge is 0.497 e. The van der Waals surface area contributed by atoms with Crippen LogP contribution in [0.15, 0.2) is 24.3 Å². The van der Waals surface area contributed by atoms with Crippen LogP contribution < -0.4 is 15.4 Å². The predicted octanol–water partition coefficient (Wildman–Crippen LogP) is 0.772. The summed E-state index contributed by atoms with van der Waals surface area (Å²) in [5.41, 5.74) is 0.936. The molecule has 1 aromatic rings. The van der Waals surface area contributed by atoms with E-state index in [0.29, 0.717) is 24.8 Å². The number of ether oxygens (including phenoxy) is 2. The number of hydrogen-bond acceptors (Lipinski definition) is 5. The number of nitrogens with zero attached hydrogens (tertiary/aromatic N) is 2. The number of hydrogen-bond donors (Lipinski definition) is 2. The monoisotopic (exact) mass is 366 g/mol. The van der Waals surface area contributed by atoms with Crippen LogP contribution in [0.4, 0.5) is 5.69 Å². The van der Waals surface area contributed by atoms with E-state index in [1.807, 2.05) is 24.3 Å². The van der Waals surface area contributed by atoms with E-state index in [-0.39, 0.29) is 5.91 Å². The van der Waals surface area contributed by atoms with Crippen LogP contribution in [0.1, 0.15) is 0 Å². The molecule has 8 heteroatoms. The Bertz CT molecular complexity index is 560. The first kappa shape index (κ1) is 19.4. The highest BCUT2D eigenvalue weighted by Gasteiger charge is 2.20. The summed E-state index contributed by atoms with van der Waals surface area (Å²) in [5, 5.41) is 6.79. The lowest BCUT2D eigenvalue weighted by Crippen LogP contribution is -2.52. The van der Waals surface area contributed by atoms with E-state index in [1.54, 1.807) is 14.2 Å². The van der Waals surface area contributed by atoms with Crippen molar-refractivity contribution in [1.82, 2.24) is 15.1 Å². The Morgan fingerprint density at radius 2 is 1.84 bits per heavy atom. The minimum absolute atomic E-state index is 0.0319. The van der Waals surface area contributed by atoms with Crippen LogP contribution in [-0.2, 0) is 9.53 Å². The van der Waals surface area contributed by atoms with Crippen molar-refractivity contribution < 1.29 is 14.3 Å². The Hall–Kier alpha value is -1.90. The average Bonchev–Trinajstić information content (AvgIpc) is 2.63. The molecule has 0 bridgehead atoms. The normalized spacial score (nSPS) is 14.9. The van der Waals surface area contributed by atoms with Gasteiger partial charge in [0.1, 0.15) is 5.75 Å². The number of carbonyl (C=O) groups is 1. The van der Waals surface area contributed by atoms with E-state index in [9.17, 15) is 4.79 Å². The maximum absolute atomic E-state index is 11.8. The molecule has 1 aromatic carbocycles. The number of anilines is 1.